The van der Waals surface area contributed by atoms with Gasteiger partial charge in [0.15, 0.2) is 5.00 Å². The Morgan fingerprint density at radius 1 is 1.60 bits per heavy atom. The molecule has 1 saturated heterocycles. The number of aliphatic hydroxyl groups excluding tert-OH is 1. The van der Waals surface area contributed by atoms with Crippen molar-refractivity contribution in [2.45, 2.75) is 26.0 Å². The van der Waals surface area contributed by atoms with Gasteiger partial charge in [-0.2, -0.15) is 0 Å². The summed E-state index contributed by atoms with van der Waals surface area (Å²) in [6.07, 6.45) is -0.850. The maximum Gasteiger partial charge on any atom is 0.304 e. The summed E-state index contributed by atoms with van der Waals surface area (Å²) >= 11 is 1.01. The van der Waals surface area contributed by atoms with Crippen molar-refractivity contribution in [1.29, 1.82) is 0 Å². The van der Waals surface area contributed by atoms with Crippen molar-refractivity contribution in [3.63, 3.8) is 0 Å². The van der Waals surface area contributed by atoms with Crippen LogP contribution in [0.15, 0.2) is 6.07 Å². The van der Waals surface area contributed by atoms with Crippen LogP contribution >= 0.6 is 11.3 Å². The van der Waals surface area contributed by atoms with E-state index in [0.717, 1.165) is 11.3 Å². The highest BCUT2D eigenvalue weighted by Gasteiger charge is 2.36. The Morgan fingerprint density at radius 2 is 2.25 bits per heavy atom. The second kappa shape index (κ2) is 5.17. The van der Waals surface area contributed by atoms with Crippen LogP contribution in [0.4, 0.5) is 10.7 Å². The van der Waals surface area contributed by atoms with Crippen LogP contribution in [0.3, 0.4) is 0 Å². The van der Waals surface area contributed by atoms with Crippen LogP contribution in [-0.2, 0) is 9.59 Å². The number of aliphatic hydroxyl groups is 1. The first-order chi connectivity index (χ1) is 9.31. The Morgan fingerprint density at radius 3 is 2.80 bits per heavy atom. The number of nitrogens with one attached hydrogen (secondary N) is 1. The van der Waals surface area contributed by atoms with Gasteiger partial charge in [-0.15, -0.1) is 11.3 Å². The molecule has 108 valence electrons. The van der Waals surface area contributed by atoms with E-state index in [1.165, 1.54) is 17.9 Å². The van der Waals surface area contributed by atoms with E-state index in [0.29, 0.717) is 4.88 Å². The summed E-state index contributed by atoms with van der Waals surface area (Å²) in [5.41, 5.74) is -0.208. The molecule has 20 heavy (non-hydrogen) atoms. The molecule has 8 nitrogen and oxygen atoms in total. The third-order valence-electron chi connectivity index (χ3n) is 3.01. The first kappa shape index (κ1) is 14.4. The fraction of sp³-hybridized carbons (Fsp3) is 0.455. The number of thiophene rings is 1. The highest BCUT2D eigenvalue weighted by atomic mass is 32.1. The van der Waals surface area contributed by atoms with Crippen molar-refractivity contribution in [2.24, 2.45) is 0 Å². The molecule has 1 aliphatic rings. The maximum atomic E-state index is 11.6. The molecule has 0 aromatic carbocycles. The molecule has 9 heteroatoms. The molecule has 2 heterocycles. The molecule has 0 radical (unpaired) electrons. The van der Waals surface area contributed by atoms with Gasteiger partial charge >= 0.3 is 5.69 Å². The van der Waals surface area contributed by atoms with Gasteiger partial charge in [0.2, 0.25) is 11.8 Å². The number of nitro groups is 1. The third kappa shape index (κ3) is 2.49. The van der Waals surface area contributed by atoms with E-state index in [1.54, 1.807) is 6.92 Å². The number of carbonyl (C=O) groups excluding carboxylic acids is 2. The zero-order chi connectivity index (χ0) is 15.0. The van der Waals surface area contributed by atoms with E-state index in [-0.39, 0.29) is 17.2 Å². The summed E-state index contributed by atoms with van der Waals surface area (Å²) in [6, 6.07) is 0.584. The van der Waals surface area contributed by atoms with Crippen LogP contribution in [-0.4, -0.2) is 34.4 Å². The normalized spacial score (nSPS) is 20.8. The van der Waals surface area contributed by atoms with Crippen molar-refractivity contribution in [3.8, 4) is 0 Å². The standard InChI is InChI=1S/C11H13N3O5S/c1-5-10(17)12-9(16)4-13(5)11-7(14(18)19)3-8(20-11)6(2)15/h3,5-6,15H,4H2,1-2H3,(H,12,16,17)/t5?,6-/m1/s1. The van der Waals surface area contributed by atoms with E-state index in [2.05, 4.69) is 5.32 Å². The lowest BCUT2D eigenvalue weighted by Gasteiger charge is -2.31. The zero-order valence-corrected chi connectivity index (χ0v) is 11.6. The number of carbonyl (C=O) groups is 2. The number of rotatable bonds is 3. The number of nitrogens with zero attached hydrogens (tertiary/aromatic N) is 2. The molecule has 1 aliphatic heterocycles. The minimum atomic E-state index is -0.850. The van der Waals surface area contributed by atoms with E-state index >= 15 is 0 Å². The molecule has 2 N–H and O–H groups in total. The summed E-state index contributed by atoms with van der Waals surface area (Å²) < 4.78 is 0. The fourth-order valence-corrected chi connectivity index (χ4v) is 3.04. The van der Waals surface area contributed by atoms with Crippen LogP contribution in [0.5, 0.6) is 0 Å². The zero-order valence-electron chi connectivity index (χ0n) is 10.8. The summed E-state index contributed by atoms with van der Waals surface area (Å²) in [4.78, 5) is 35.4. The van der Waals surface area contributed by atoms with Crippen molar-refractivity contribution in [2.75, 3.05) is 11.4 Å². The number of amides is 2. The molecule has 0 bridgehead atoms. The Balaban J connectivity index is 2.47. The van der Waals surface area contributed by atoms with Gasteiger partial charge in [0.1, 0.15) is 6.04 Å². The molecular weight excluding hydrogens is 286 g/mol. The second-order valence-corrected chi connectivity index (χ2v) is 5.55. The summed E-state index contributed by atoms with van der Waals surface area (Å²) in [5.74, 6) is -1.00. The van der Waals surface area contributed by atoms with Crippen LogP contribution in [0.25, 0.3) is 0 Å². The van der Waals surface area contributed by atoms with Crippen molar-refractivity contribution < 1.29 is 19.6 Å². The van der Waals surface area contributed by atoms with Crippen molar-refractivity contribution >= 4 is 33.8 Å². The van der Waals surface area contributed by atoms with Gasteiger partial charge in [-0.3, -0.25) is 25.0 Å². The van der Waals surface area contributed by atoms with E-state index in [4.69, 9.17) is 0 Å². The number of hydrogen-bond donors (Lipinski definition) is 2. The summed E-state index contributed by atoms with van der Waals surface area (Å²) in [6.45, 7) is 2.93. The van der Waals surface area contributed by atoms with Gasteiger partial charge in [0.05, 0.1) is 17.6 Å². The Hall–Kier alpha value is -2.00. The monoisotopic (exact) mass is 299 g/mol. The van der Waals surface area contributed by atoms with Gasteiger partial charge < -0.3 is 10.0 Å². The third-order valence-corrected chi connectivity index (χ3v) is 4.34. The quantitative estimate of drug-likeness (QED) is 0.479. The van der Waals surface area contributed by atoms with Gasteiger partial charge in [-0.25, -0.2) is 0 Å². The highest BCUT2D eigenvalue weighted by Crippen LogP contribution is 2.41. The van der Waals surface area contributed by atoms with Crippen molar-refractivity contribution in [3.05, 3.63) is 21.1 Å². The molecule has 1 aromatic heterocycles. The molecule has 0 spiro atoms. The molecular formula is C11H13N3O5S. The lowest BCUT2D eigenvalue weighted by Crippen LogP contribution is -2.57. The first-order valence-corrected chi connectivity index (χ1v) is 6.69. The number of hydrogen-bond acceptors (Lipinski definition) is 7. The smallest absolute Gasteiger partial charge is 0.304 e. The fourth-order valence-electron chi connectivity index (χ4n) is 1.89. The minimum absolute atomic E-state index is 0.131. The second-order valence-electron chi connectivity index (χ2n) is 4.49. The number of anilines is 1. The van der Waals surface area contributed by atoms with Crippen LogP contribution in [0.1, 0.15) is 24.8 Å². The predicted molar refractivity (Wildman–Crippen MR) is 71.6 cm³/mol. The molecule has 1 fully saturated rings. The Labute approximate surface area is 118 Å². The van der Waals surface area contributed by atoms with Crippen LogP contribution < -0.4 is 10.2 Å². The van der Waals surface area contributed by atoms with Gasteiger partial charge in [-0.1, -0.05) is 0 Å². The predicted octanol–water partition coefficient (Wildman–Crippen LogP) is 0.561. The van der Waals surface area contributed by atoms with Crippen LogP contribution in [0.2, 0.25) is 0 Å². The SMILES string of the molecule is CC1C(=O)NC(=O)CN1c1sc([C@@H](C)O)cc1[N+](=O)[O-]. The average molecular weight is 299 g/mol. The molecule has 1 unspecified atom stereocenters. The van der Waals surface area contributed by atoms with E-state index < -0.39 is 28.9 Å². The molecule has 2 atom stereocenters. The lowest BCUT2D eigenvalue weighted by molar-refractivity contribution is -0.383. The summed E-state index contributed by atoms with van der Waals surface area (Å²) in [7, 11) is 0. The minimum Gasteiger partial charge on any atom is -0.388 e. The number of imide groups is 1. The molecule has 2 amide bonds. The first-order valence-electron chi connectivity index (χ1n) is 5.87. The van der Waals surface area contributed by atoms with Crippen molar-refractivity contribution in [1.82, 2.24) is 5.32 Å². The average Bonchev–Trinajstić information content (AvgIpc) is 2.78. The topological polar surface area (TPSA) is 113 Å². The van der Waals surface area contributed by atoms with Gasteiger partial charge in [0, 0.05) is 10.9 Å². The highest BCUT2D eigenvalue weighted by molar-refractivity contribution is 7.16. The Kier molecular flexibility index (Phi) is 3.73. The number of piperazine rings is 1. The molecule has 1 aromatic rings. The lowest BCUT2D eigenvalue weighted by atomic mass is 10.2. The van der Waals surface area contributed by atoms with Gasteiger partial charge in [-0.05, 0) is 13.8 Å². The Bertz CT molecular complexity index is 583. The summed E-state index contributed by atoms with van der Waals surface area (Å²) in [5, 5.41) is 23.0. The largest absolute Gasteiger partial charge is 0.388 e. The molecule has 2 rings (SSSR count). The molecule has 0 aliphatic carbocycles. The van der Waals surface area contributed by atoms with Gasteiger partial charge in [0.25, 0.3) is 0 Å². The maximum absolute atomic E-state index is 11.6. The van der Waals surface area contributed by atoms with E-state index in [9.17, 15) is 24.8 Å². The molecule has 0 saturated carbocycles. The van der Waals surface area contributed by atoms with Crippen LogP contribution in [0, 0.1) is 10.1 Å². The van der Waals surface area contributed by atoms with E-state index in [1.807, 2.05) is 0 Å².